The zero-order chi connectivity index (χ0) is 15.6. The Bertz CT molecular complexity index is 720. The van der Waals surface area contributed by atoms with Gasteiger partial charge in [-0.3, -0.25) is 0 Å². The summed E-state index contributed by atoms with van der Waals surface area (Å²) in [5, 5.41) is 11.9. The van der Waals surface area contributed by atoms with Crippen molar-refractivity contribution in [2.45, 2.75) is 19.9 Å². The number of nitrogens with zero attached hydrogens (tertiary/aromatic N) is 1. The van der Waals surface area contributed by atoms with Crippen molar-refractivity contribution in [2.24, 2.45) is 0 Å². The monoisotopic (exact) mass is 290 g/mol. The third-order valence-corrected chi connectivity index (χ3v) is 3.22. The maximum atomic E-state index is 13.9. The number of anilines is 1. The highest BCUT2D eigenvalue weighted by Gasteiger charge is 2.15. The van der Waals surface area contributed by atoms with E-state index in [1.165, 1.54) is 19.1 Å². The van der Waals surface area contributed by atoms with Crippen LogP contribution in [0, 0.1) is 35.7 Å². The Morgan fingerprint density at radius 2 is 1.81 bits per heavy atom. The highest BCUT2D eigenvalue weighted by molar-refractivity contribution is 5.58. The number of hydrogen-bond donors (Lipinski definition) is 1. The molecule has 2 rings (SSSR count). The molecule has 2 aromatic carbocycles. The Balaban J connectivity index is 2.33. The van der Waals surface area contributed by atoms with Crippen LogP contribution >= 0.6 is 0 Å². The average molecular weight is 290 g/mol. The second-order valence-corrected chi connectivity index (χ2v) is 4.79. The highest BCUT2D eigenvalue weighted by atomic mass is 19.1. The van der Waals surface area contributed by atoms with E-state index in [1.54, 1.807) is 6.92 Å². The maximum Gasteiger partial charge on any atom is 0.128 e. The fourth-order valence-corrected chi connectivity index (χ4v) is 2.04. The van der Waals surface area contributed by atoms with Gasteiger partial charge >= 0.3 is 0 Å². The second kappa shape index (κ2) is 5.88. The first-order chi connectivity index (χ1) is 9.92. The summed E-state index contributed by atoms with van der Waals surface area (Å²) in [7, 11) is 0. The molecule has 0 aliphatic carbocycles. The molecule has 108 valence electrons. The van der Waals surface area contributed by atoms with Gasteiger partial charge in [-0.1, -0.05) is 0 Å². The molecule has 5 heteroatoms. The molecule has 21 heavy (non-hydrogen) atoms. The van der Waals surface area contributed by atoms with Crippen LogP contribution in [0.15, 0.2) is 30.3 Å². The Hall–Kier alpha value is -2.48. The van der Waals surface area contributed by atoms with Crippen molar-refractivity contribution in [3.05, 3.63) is 64.5 Å². The van der Waals surface area contributed by atoms with Crippen molar-refractivity contribution in [2.75, 3.05) is 5.32 Å². The molecule has 1 unspecified atom stereocenters. The lowest BCUT2D eigenvalue weighted by molar-refractivity contribution is 0.571. The summed E-state index contributed by atoms with van der Waals surface area (Å²) in [6.07, 6.45) is 0. The molecule has 0 radical (unpaired) electrons. The molecule has 0 fully saturated rings. The molecule has 0 aliphatic rings. The van der Waals surface area contributed by atoms with Gasteiger partial charge in [0.25, 0.3) is 0 Å². The SMILES string of the molecule is Cc1cc(F)c(C(C)Nc2ccc(F)cc2C#N)cc1F. The molecule has 0 saturated heterocycles. The third kappa shape index (κ3) is 3.16. The van der Waals surface area contributed by atoms with Crippen LogP contribution in [0.25, 0.3) is 0 Å². The smallest absolute Gasteiger partial charge is 0.128 e. The Kier molecular flexibility index (Phi) is 4.18. The molecule has 1 N–H and O–H groups in total. The van der Waals surface area contributed by atoms with Crippen molar-refractivity contribution in [1.29, 1.82) is 5.26 Å². The van der Waals surface area contributed by atoms with Gasteiger partial charge in [-0.2, -0.15) is 5.26 Å². The molecule has 0 spiro atoms. The van der Waals surface area contributed by atoms with Gasteiger partial charge in [0.2, 0.25) is 0 Å². The van der Waals surface area contributed by atoms with Gasteiger partial charge in [0.15, 0.2) is 0 Å². The van der Waals surface area contributed by atoms with Gasteiger partial charge in [-0.25, -0.2) is 13.2 Å². The van der Waals surface area contributed by atoms with Crippen LogP contribution in [-0.2, 0) is 0 Å². The summed E-state index contributed by atoms with van der Waals surface area (Å²) in [6, 6.07) is 7.21. The molecule has 2 aromatic rings. The first-order valence-electron chi connectivity index (χ1n) is 6.34. The number of nitriles is 1. The highest BCUT2D eigenvalue weighted by Crippen LogP contribution is 2.26. The average Bonchev–Trinajstić information content (AvgIpc) is 2.44. The topological polar surface area (TPSA) is 35.8 Å². The van der Waals surface area contributed by atoms with Gasteiger partial charge < -0.3 is 5.32 Å². The minimum absolute atomic E-state index is 0.106. The summed E-state index contributed by atoms with van der Waals surface area (Å²) >= 11 is 0. The Morgan fingerprint density at radius 1 is 1.10 bits per heavy atom. The Morgan fingerprint density at radius 3 is 2.48 bits per heavy atom. The molecule has 2 nitrogen and oxygen atoms in total. The normalized spacial score (nSPS) is 11.8. The summed E-state index contributed by atoms with van der Waals surface area (Å²) < 4.78 is 40.5. The molecule has 0 aliphatic heterocycles. The van der Waals surface area contributed by atoms with E-state index in [9.17, 15) is 13.2 Å². The molecule has 1 atom stereocenters. The van der Waals surface area contributed by atoms with E-state index in [0.29, 0.717) is 5.69 Å². The zero-order valence-electron chi connectivity index (χ0n) is 11.5. The first-order valence-corrected chi connectivity index (χ1v) is 6.34. The Labute approximate surface area is 120 Å². The number of halogens is 3. The summed E-state index contributed by atoms with van der Waals surface area (Å²) in [5.74, 6) is -1.56. The number of benzene rings is 2. The standard InChI is InChI=1S/C16H13F3N2/c1-9-5-15(19)13(7-14(9)18)10(2)21-16-4-3-12(17)6-11(16)8-20/h3-7,10,21H,1-2H3. The van der Waals surface area contributed by atoms with Crippen molar-refractivity contribution in [3.63, 3.8) is 0 Å². The third-order valence-electron chi connectivity index (χ3n) is 3.22. The van der Waals surface area contributed by atoms with Crippen LogP contribution in [0.3, 0.4) is 0 Å². The van der Waals surface area contributed by atoms with E-state index >= 15 is 0 Å². The van der Waals surface area contributed by atoms with Gasteiger partial charge in [0.05, 0.1) is 17.3 Å². The second-order valence-electron chi connectivity index (χ2n) is 4.79. The molecule has 0 heterocycles. The minimum Gasteiger partial charge on any atom is -0.377 e. The first kappa shape index (κ1) is 14.9. The molecule has 0 bridgehead atoms. The number of aryl methyl sites for hydroxylation is 1. The number of rotatable bonds is 3. The largest absolute Gasteiger partial charge is 0.377 e. The van der Waals surface area contributed by atoms with E-state index in [4.69, 9.17) is 5.26 Å². The zero-order valence-corrected chi connectivity index (χ0v) is 11.5. The lowest BCUT2D eigenvalue weighted by Gasteiger charge is -2.18. The van der Waals surface area contributed by atoms with Crippen LogP contribution < -0.4 is 5.32 Å². The van der Waals surface area contributed by atoms with Crippen molar-refractivity contribution < 1.29 is 13.2 Å². The molecule has 0 amide bonds. The number of nitrogens with one attached hydrogen (secondary N) is 1. The number of hydrogen-bond acceptors (Lipinski definition) is 2. The lowest BCUT2D eigenvalue weighted by Crippen LogP contribution is -2.10. The quantitative estimate of drug-likeness (QED) is 0.906. The minimum atomic E-state index is -0.572. The molecular formula is C16H13F3N2. The predicted octanol–water partition coefficient (Wildman–Crippen LogP) is 4.46. The van der Waals surface area contributed by atoms with Crippen LogP contribution in [0.2, 0.25) is 0 Å². The van der Waals surface area contributed by atoms with E-state index in [-0.39, 0.29) is 16.7 Å². The lowest BCUT2D eigenvalue weighted by atomic mass is 10.0. The van der Waals surface area contributed by atoms with Gasteiger partial charge in [0.1, 0.15) is 23.5 Å². The van der Waals surface area contributed by atoms with Gasteiger partial charge in [0, 0.05) is 5.56 Å². The molecular weight excluding hydrogens is 277 g/mol. The summed E-state index contributed by atoms with van der Waals surface area (Å²) in [4.78, 5) is 0. The van der Waals surface area contributed by atoms with Gasteiger partial charge in [-0.15, -0.1) is 0 Å². The van der Waals surface area contributed by atoms with Crippen LogP contribution in [0.4, 0.5) is 18.9 Å². The van der Waals surface area contributed by atoms with E-state index in [2.05, 4.69) is 5.32 Å². The fourth-order valence-electron chi connectivity index (χ4n) is 2.04. The van der Waals surface area contributed by atoms with Crippen LogP contribution in [0.1, 0.15) is 29.7 Å². The summed E-state index contributed by atoms with van der Waals surface area (Å²) in [5.41, 5.74) is 0.843. The molecule has 0 saturated carbocycles. The fraction of sp³-hybridized carbons (Fsp3) is 0.188. The predicted molar refractivity (Wildman–Crippen MR) is 74.2 cm³/mol. The van der Waals surface area contributed by atoms with Crippen molar-refractivity contribution in [3.8, 4) is 6.07 Å². The van der Waals surface area contributed by atoms with E-state index < -0.39 is 23.5 Å². The van der Waals surface area contributed by atoms with Crippen molar-refractivity contribution in [1.82, 2.24) is 0 Å². The van der Waals surface area contributed by atoms with Crippen molar-refractivity contribution >= 4 is 5.69 Å². The van der Waals surface area contributed by atoms with Crippen LogP contribution in [-0.4, -0.2) is 0 Å². The summed E-state index contributed by atoms with van der Waals surface area (Å²) in [6.45, 7) is 3.12. The van der Waals surface area contributed by atoms with E-state index in [1.807, 2.05) is 6.07 Å². The van der Waals surface area contributed by atoms with E-state index in [0.717, 1.165) is 18.2 Å². The van der Waals surface area contributed by atoms with Crippen LogP contribution in [0.5, 0.6) is 0 Å². The maximum absolute atomic E-state index is 13.9. The molecule has 0 aromatic heterocycles. The van der Waals surface area contributed by atoms with Gasteiger partial charge in [-0.05, 0) is 49.7 Å².